The highest BCUT2D eigenvalue weighted by Crippen LogP contribution is 2.30. The van der Waals surface area contributed by atoms with Gasteiger partial charge < -0.3 is 10.2 Å². The van der Waals surface area contributed by atoms with Crippen LogP contribution in [0.15, 0.2) is 77.7 Å². The van der Waals surface area contributed by atoms with E-state index in [4.69, 9.17) is 11.6 Å². The summed E-state index contributed by atoms with van der Waals surface area (Å²) < 4.78 is 43.0. The van der Waals surface area contributed by atoms with Gasteiger partial charge in [-0.1, -0.05) is 54.1 Å². The van der Waals surface area contributed by atoms with Crippen molar-refractivity contribution < 1.29 is 22.4 Å². The average Bonchev–Trinajstić information content (AvgIpc) is 2.88. The van der Waals surface area contributed by atoms with E-state index in [0.29, 0.717) is 17.1 Å². The Morgan fingerprint density at radius 2 is 1.68 bits per heavy atom. The minimum absolute atomic E-state index is 0.0143. The summed E-state index contributed by atoms with van der Waals surface area (Å²) >= 11 is 6.20. The third-order valence-corrected chi connectivity index (χ3v) is 7.88. The summed E-state index contributed by atoms with van der Waals surface area (Å²) in [5.74, 6) is -1.66. The normalized spacial score (nSPS) is 12.0. The maximum absolute atomic E-state index is 14.5. The van der Waals surface area contributed by atoms with Crippen molar-refractivity contribution in [3.05, 3.63) is 94.8 Å². The molecule has 0 saturated carbocycles. The number of carbonyl (C=O) groups is 2. The lowest BCUT2D eigenvalue weighted by molar-refractivity contribution is -0.139. The van der Waals surface area contributed by atoms with Crippen molar-refractivity contribution in [2.45, 2.75) is 38.3 Å². The second-order valence-electron chi connectivity index (χ2n) is 8.44. The van der Waals surface area contributed by atoms with Crippen LogP contribution in [-0.2, 0) is 26.2 Å². The Hall–Kier alpha value is -3.43. The first-order valence-electron chi connectivity index (χ1n) is 11.7. The number of likely N-dealkylation sites (N-methyl/N-ethyl adjacent to an activating group) is 1. The van der Waals surface area contributed by atoms with E-state index in [2.05, 4.69) is 5.32 Å². The standard InChI is InChI=1S/C27H29ClFN3O4S/c1-4-30-27(34)20(3)31(17-21-10-8-9-13-24(21)29)26(33)18-32(25-16-22(28)15-14-19(25)2)37(35,36)23-11-6-5-7-12-23/h5-16,20H,4,17-18H2,1-3H3,(H,30,34). The van der Waals surface area contributed by atoms with E-state index in [-0.39, 0.29) is 22.7 Å². The van der Waals surface area contributed by atoms with Gasteiger partial charge in [0.15, 0.2) is 0 Å². The van der Waals surface area contributed by atoms with Crippen molar-refractivity contribution in [1.29, 1.82) is 0 Å². The number of benzene rings is 3. The summed E-state index contributed by atoms with van der Waals surface area (Å²) in [4.78, 5) is 27.6. The van der Waals surface area contributed by atoms with Crippen LogP contribution in [0.5, 0.6) is 0 Å². The Morgan fingerprint density at radius 3 is 2.32 bits per heavy atom. The van der Waals surface area contributed by atoms with Crippen molar-refractivity contribution in [1.82, 2.24) is 10.2 Å². The lowest BCUT2D eigenvalue weighted by Gasteiger charge is -2.32. The number of anilines is 1. The number of aryl methyl sites for hydroxylation is 1. The van der Waals surface area contributed by atoms with E-state index < -0.39 is 40.2 Å². The molecule has 37 heavy (non-hydrogen) atoms. The first-order chi connectivity index (χ1) is 17.6. The first-order valence-corrected chi connectivity index (χ1v) is 13.5. The fourth-order valence-electron chi connectivity index (χ4n) is 3.80. The number of halogens is 2. The minimum atomic E-state index is -4.21. The number of hydrogen-bond acceptors (Lipinski definition) is 4. The summed E-state index contributed by atoms with van der Waals surface area (Å²) in [6.07, 6.45) is 0. The molecule has 2 amide bonds. The fourth-order valence-corrected chi connectivity index (χ4v) is 5.46. The lowest BCUT2D eigenvalue weighted by Crippen LogP contribution is -2.51. The molecule has 0 spiro atoms. The van der Waals surface area contributed by atoms with Crippen LogP contribution in [0.3, 0.4) is 0 Å². The smallest absolute Gasteiger partial charge is 0.264 e. The van der Waals surface area contributed by atoms with Gasteiger partial charge in [0, 0.05) is 23.7 Å². The molecular formula is C27H29ClFN3O4S. The van der Waals surface area contributed by atoms with Gasteiger partial charge in [-0.15, -0.1) is 0 Å². The molecule has 7 nitrogen and oxygen atoms in total. The Labute approximate surface area is 221 Å². The highest BCUT2D eigenvalue weighted by Gasteiger charge is 2.33. The van der Waals surface area contributed by atoms with E-state index in [9.17, 15) is 22.4 Å². The SMILES string of the molecule is CCNC(=O)C(C)N(Cc1ccccc1F)C(=O)CN(c1cc(Cl)ccc1C)S(=O)(=O)c1ccccc1. The Morgan fingerprint density at radius 1 is 1.03 bits per heavy atom. The highest BCUT2D eigenvalue weighted by atomic mass is 35.5. The molecule has 3 aromatic rings. The number of carbonyl (C=O) groups excluding carboxylic acids is 2. The molecule has 0 aromatic heterocycles. The molecule has 10 heteroatoms. The molecule has 0 heterocycles. The quantitative estimate of drug-likeness (QED) is 0.405. The molecule has 1 atom stereocenters. The topological polar surface area (TPSA) is 86.8 Å². The monoisotopic (exact) mass is 545 g/mol. The van der Waals surface area contributed by atoms with Crippen LogP contribution in [-0.4, -0.2) is 44.3 Å². The molecule has 1 N–H and O–H groups in total. The summed E-state index contributed by atoms with van der Waals surface area (Å²) in [7, 11) is -4.21. The van der Waals surface area contributed by atoms with Crippen molar-refractivity contribution in [2.24, 2.45) is 0 Å². The van der Waals surface area contributed by atoms with Gasteiger partial charge in [-0.3, -0.25) is 13.9 Å². The van der Waals surface area contributed by atoms with Gasteiger partial charge in [0.05, 0.1) is 10.6 Å². The maximum atomic E-state index is 14.5. The van der Waals surface area contributed by atoms with Crippen molar-refractivity contribution in [3.63, 3.8) is 0 Å². The lowest BCUT2D eigenvalue weighted by atomic mass is 10.1. The van der Waals surface area contributed by atoms with Crippen LogP contribution >= 0.6 is 11.6 Å². The van der Waals surface area contributed by atoms with Crippen LogP contribution < -0.4 is 9.62 Å². The number of rotatable bonds is 10. The molecule has 0 aliphatic carbocycles. The Balaban J connectivity index is 2.07. The average molecular weight is 546 g/mol. The number of amides is 2. The second kappa shape index (κ2) is 12.2. The van der Waals surface area contributed by atoms with Crippen molar-refractivity contribution in [3.8, 4) is 0 Å². The van der Waals surface area contributed by atoms with Crippen molar-refractivity contribution in [2.75, 3.05) is 17.4 Å². The van der Waals surface area contributed by atoms with E-state index in [1.165, 1.54) is 48.2 Å². The first kappa shape index (κ1) is 28.1. The largest absolute Gasteiger partial charge is 0.355 e. The van der Waals surface area contributed by atoms with Gasteiger partial charge >= 0.3 is 0 Å². The number of sulfonamides is 1. The third-order valence-electron chi connectivity index (χ3n) is 5.87. The number of nitrogens with zero attached hydrogens (tertiary/aromatic N) is 2. The van der Waals surface area contributed by atoms with Gasteiger partial charge in [0.25, 0.3) is 10.0 Å². The highest BCUT2D eigenvalue weighted by molar-refractivity contribution is 7.92. The van der Waals surface area contributed by atoms with E-state index in [1.807, 2.05) is 0 Å². The molecule has 0 radical (unpaired) electrons. The fraction of sp³-hybridized carbons (Fsp3) is 0.259. The van der Waals surface area contributed by atoms with Gasteiger partial charge in [-0.2, -0.15) is 0 Å². The molecule has 196 valence electrons. The third kappa shape index (κ3) is 6.67. The summed E-state index contributed by atoms with van der Waals surface area (Å²) in [6.45, 7) is 4.45. The van der Waals surface area contributed by atoms with Crippen LogP contribution in [0.25, 0.3) is 0 Å². The minimum Gasteiger partial charge on any atom is -0.355 e. The summed E-state index contributed by atoms with van der Waals surface area (Å²) in [6, 6.07) is 17.4. The second-order valence-corrected chi connectivity index (χ2v) is 10.7. The zero-order valence-electron chi connectivity index (χ0n) is 20.8. The Kier molecular flexibility index (Phi) is 9.29. The van der Waals surface area contributed by atoms with Gasteiger partial charge in [0.2, 0.25) is 11.8 Å². The van der Waals surface area contributed by atoms with Gasteiger partial charge in [-0.05, 0) is 56.7 Å². The molecule has 1 unspecified atom stereocenters. The van der Waals surface area contributed by atoms with Crippen LogP contribution in [0.1, 0.15) is 25.0 Å². The molecule has 0 saturated heterocycles. The van der Waals surface area contributed by atoms with Gasteiger partial charge in [0.1, 0.15) is 18.4 Å². The van der Waals surface area contributed by atoms with Crippen molar-refractivity contribution >= 4 is 39.1 Å². The van der Waals surface area contributed by atoms with Crippen LogP contribution in [0.4, 0.5) is 10.1 Å². The zero-order chi connectivity index (χ0) is 27.2. The maximum Gasteiger partial charge on any atom is 0.264 e. The number of nitrogens with one attached hydrogen (secondary N) is 1. The molecular weight excluding hydrogens is 517 g/mol. The molecule has 0 fully saturated rings. The predicted octanol–water partition coefficient (Wildman–Crippen LogP) is 4.54. The van der Waals surface area contributed by atoms with Gasteiger partial charge in [-0.25, -0.2) is 12.8 Å². The molecule has 0 bridgehead atoms. The Bertz CT molecular complexity index is 1370. The van der Waals surface area contributed by atoms with Crippen LogP contribution in [0, 0.1) is 12.7 Å². The molecule has 3 aromatic carbocycles. The van der Waals surface area contributed by atoms with E-state index in [1.54, 1.807) is 50.2 Å². The molecule has 3 rings (SSSR count). The molecule has 0 aliphatic heterocycles. The van der Waals surface area contributed by atoms with E-state index >= 15 is 0 Å². The zero-order valence-corrected chi connectivity index (χ0v) is 22.4. The summed E-state index contributed by atoms with van der Waals surface area (Å²) in [5, 5.41) is 2.95. The molecule has 0 aliphatic rings. The predicted molar refractivity (Wildman–Crippen MR) is 142 cm³/mol. The summed E-state index contributed by atoms with van der Waals surface area (Å²) in [5.41, 5.74) is 0.999. The number of hydrogen-bond donors (Lipinski definition) is 1. The van der Waals surface area contributed by atoms with E-state index in [0.717, 1.165) is 4.31 Å². The van der Waals surface area contributed by atoms with Crippen LogP contribution in [0.2, 0.25) is 5.02 Å².